The molecule has 0 aromatic carbocycles. The summed E-state index contributed by atoms with van der Waals surface area (Å²) in [5, 5.41) is 1.84. The van der Waals surface area contributed by atoms with Gasteiger partial charge in [-0.3, -0.25) is 0 Å². The van der Waals surface area contributed by atoms with Crippen molar-refractivity contribution >= 4 is 37.8 Å². The van der Waals surface area contributed by atoms with Crippen LogP contribution in [0.1, 0.15) is 4.88 Å². The fourth-order valence-corrected chi connectivity index (χ4v) is 3.19. The van der Waals surface area contributed by atoms with Crippen LogP contribution in [0.3, 0.4) is 0 Å². The van der Waals surface area contributed by atoms with Gasteiger partial charge in [-0.2, -0.15) is 0 Å². The molecule has 0 N–H and O–H groups in total. The zero-order valence-electron chi connectivity index (χ0n) is 6.27. The first-order chi connectivity index (χ1) is 6.12. The van der Waals surface area contributed by atoms with Crippen molar-refractivity contribution in [3.63, 3.8) is 0 Å². The molecule has 1 aliphatic rings. The minimum absolute atomic E-state index is 0.0486. The molecule has 13 heavy (non-hydrogen) atoms. The Bertz CT molecular complexity index is 485. The summed E-state index contributed by atoms with van der Waals surface area (Å²) in [6.07, 6.45) is 1.16. The molecular weight excluding hydrogens is 230 g/mol. The summed E-state index contributed by atoms with van der Waals surface area (Å²) >= 11 is 6.80. The molecular formula is C7H4ClNO2S2. The van der Waals surface area contributed by atoms with Crippen LogP contribution in [-0.2, 0) is 9.84 Å². The zero-order chi connectivity index (χ0) is 9.47. The van der Waals surface area contributed by atoms with Gasteiger partial charge >= 0.3 is 0 Å². The second-order valence-corrected chi connectivity index (χ2v) is 5.76. The smallest absolute Gasteiger partial charge is 0.237 e. The Morgan fingerprint density at radius 2 is 2.23 bits per heavy atom. The highest BCUT2D eigenvalue weighted by molar-refractivity contribution is 8.12. The quantitative estimate of drug-likeness (QED) is 0.745. The van der Waals surface area contributed by atoms with E-state index in [2.05, 4.69) is 4.99 Å². The molecule has 0 unspecified atom stereocenters. The molecule has 2 rings (SSSR count). The molecule has 1 aromatic heterocycles. The first-order valence-electron chi connectivity index (χ1n) is 3.35. The van der Waals surface area contributed by atoms with E-state index in [1.54, 1.807) is 17.5 Å². The van der Waals surface area contributed by atoms with E-state index >= 15 is 0 Å². The summed E-state index contributed by atoms with van der Waals surface area (Å²) in [6.45, 7) is 0. The molecule has 68 valence electrons. The van der Waals surface area contributed by atoms with Gasteiger partial charge in [-0.25, -0.2) is 13.4 Å². The Morgan fingerprint density at radius 3 is 2.69 bits per heavy atom. The van der Waals surface area contributed by atoms with Crippen molar-refractivity contribution in [1.82, 2.24) is 0 Å². The lowest BCUT2D eigenvalue weighted by atomic mass is 10.5. The highest BCUT2D eigenvalue weighted by Crippen LogP contribution is 2.26. The number of rotatable bonds is 1. The van der Waals surface area contributed by atoms with Crippen LogP contribution in [0, 0.1) is 0 Å². The number of aliphatic imine (C=N–C) groups is 1. The van der Waals surface area contributed by atoms with Crippen LogP contribution < -0.4 is 0 Å². The average Bonchev–Trinajstić information content (AvgIpc) is 2.62. The SMILES string of the molecule is O=S1(=O)C(Cl)=CN=C1c1cccs1. The maximum Gasteiger partial charge on any atom is 0.237 e. The molecule has 0 atom stereocenters. The molecule has 2 heterocycles. The van der Waals surface area contributed by atoms with Crippen LogP contribution in [0.4, 0.5) is 0 Å². The maximum atomic E-state index is 11.5. The number of sulfone groups is 1. The Balaban J connectivity index is 2.54. The molecule has 0 radical (unpaired) electrons. The third-order valence-electron chi connectivity index (χ3n) is 1.53. The number of nitrogens with zero attached hydrogens (tertiary/aromatic N) is 1. The minimum atomic E-state index is -3.50. The second kappa shape index (κ2) is 2.94. The fourth-order valence-electron chi connectivity index (χ4n) is 0.937. The van der Waals surface area contributed by atoms with Crippen molar-refractivity contribution in [3.05, 3.63) is 33.0 Å². The molecule has 0 fully saturated rings. The van der Waals surface area contributed by atoms with Crippen LogP contribution >= 0.6 is 22.9 Å². The lowest BCUT2D eigenvalue weighted by Gasteiger charge is -1.96. The third kappa shape index (κ3) is 1.33. The zero-order valence-corrected chi connectivity index (χ0v) is 8.66. The Kier molecular flexibility index (Phi) is 2.02. The van der Waals surface area contributed by atoms with Crippen molar-refractivity contribution in [2.75, 3.05) is 0 Å². The summed E-state index contributed by atoms with van der Waals surface area (Å²) in [5.41, 5.74) is 0. The van der Waals surface area contributed by atoms with Gasteiger partial charge < -0.3 is 0 Å². The standard InChI is InChI=1S/C7H4ClNO2S2/c8-6-4-9-7(13(6,10)11)5-2-1-3-12-5/h1-4H. The van der Waals surface area contributed by atoms with Crippen LogP contribution in [0.25, 0.3) is 0 Å². The fraction of sp³-hybridized carbons (Fsp3) is 0. The van der Waals surface area contributed by atoms with E-state index in [1.165, 1.54) is 11.3 Å². The summed E-state index contributed by atoms with van der Waals surface area (Å²) in [5.74, 6) is 0. The number of hydrogen-bond donors (Lipinski definition) is 0. The van der Waals surface area contributed by atoms with Gasteiger partial charge in [-0.1, -0.05) is 17.7 Å². The van der Waals surface area contributed by atoms with Gasteiger partial charge in [0.25, 0.3) is 0 Å². The van der Waals surface area contributed by atoms with E-state index in [-0.39, 0.29) is 9.41 Å². The van der Waals surface area contributed by atoms with E-state index in [0.717, 1.165) is 6.20 Å². The number of halogens is 1. The van der Waals surface area contributed by atoms with Crippen LogP contribution in [0.2, 0.25) is 0 Å². The van der Waals surface area contributed by atoms with Crippen LogP contribution in [0.15, 0.2) is 33.1 Å². The largest absolute Gasteiger partial charge is 0.241 e. The molecule has 3 nitrogen and oxygen atoms in total. The van der Waals surface area contributed by atoms with Gasteiger partial charge in [0, 0.05) is 0 Å². The van der Waals surface area contributed by atoms with E-state index < -0.39 is 9.84 Å². The molecule has 0 bridgehead atoms. The molecule has 0 amide bonds. The van der Waals surface area contributed by atoms with Crippen molar-refractivity contribution in [2.45, 2.75) is 0 Å². The van der Waals surface area contributed by atoms with Gasteiger partial charge in [0.05, 0.1) is 11.1 Å². The van der Waals surface area contributed by atoms with Crippen molar-refractivity contribution in [1.29, 1.82) is 0 Å². The molecule has 0 aliphatic carbocycles. The van der Waals surface area contributed by atoms with Gasteiger partial charge in [-0.05, 0) is 11.4 Å². The topological polar surface area (TPSA) is 46.5 Å². The minimum Gasteiger partial charge on any atom is -0.241 e. The van der Waals surface area contributed by atoms with Gasteiger partial charge in [0.2, 0.25) is 9.84 Å². The second-order valence-electron chi connectivity index (χ2n) is 2.35. The number of thiophene rings is 1. The molecule has 0 saturated carbocycles. The average molecular weight is 234 g/mol. The normalized spacial score (nSPS) is 19.8. The lowest BCUT2D eigenvalue weighted by molar-refractivity contribution is 0.615. The molecule has 0 saturated heterocycles. The molecule has 6 heteroatoms. The van der Waals surface area contributed by atoms with Crippen molar-refractivity contribution in [3.8, 4) is 0 Å². The summed E-state index contributed by atoms with van der Waals surface area (Å²) in [7, 11) is -3.50. The lowest BCUT2D eigenvalue weighted by Crippen LogP contribution is -2.10. The highest BCUT2D eigenvalue weighted by atomic mass is 35.5. The molecule has 1 aromatic rings. The summed E-state index contributed by atoms with van der Waals surface area (Å²) in [6, 6.07) is 3.47. The van der Waals surface area contributed by atoms with Crippen LogP contribution in [-0.4, -0.2) is 13.5 Å². The van der Waals surface area contributed by atoms with E-state index in [9.17, 15) is 8.42 Å². The van der Waals surface area contributed by atoms with Gasteiger partial charge in [0.1, 0.15) is 0 Å². The van der Waals surface area contributed by atoms with E-state index in [0.29, 0.717) is 4.88 Å². The summed E-state index contributed by atoms with van der Waals surface area (Å²) < 4.78 is 22.7. The monoisotopic (exact) mass is 233 g/mol. The van der Waals surface area contributed by atoms with Crippen LogP contribution in [0.5, 0.6) is 0 Å². The van der Waals surface area contributed by atoms with Crippen molar-refractivity contribution in [2.24, 2.45) is 4.99 Å². The number of hydrogen-bond acceptors (Lipinski definition) is 4. The van der Waals surface area contributed by atoms with E-state index in [1.807, 2.05) is 0 Å². The predicted molar refractivity (Wildman–Crippen MR) is 53.7 cm³/mol. The molecule has 0 spiro atoms. The van der Waals surface area contributed by atoms with Gasteiger partial charge in [0.15, 0.2) is 9.41 Å². The first-order valence-corrected chi connectivity index (χ1v) is 6.09. The molecule has 1 aliphatic heterocycles. The Hall–Kier alpha value is -0.650. The van der Waals surface area contributed by atoms with Crippen molar-refractivity contribution < 1.29 is 8.42 Å². The first kappa shape index (κ1) is 8.93. The Morgan fingerprint density at radius 1 is 1.46 bits per heavy atom. The summed E-state index contributed by atoms with van der Waals surface area (Å²) in [4.78, 5) is 4.37. The third-order valence-corrected chi connectivity index (χ3v) is 4.69. The maximum absolute atomic E-state index is 11.5. The highest BCUT2D eigenvalue weighted by Gasteiger charge is 2.29. The Labute approximate surface area is 84.3 Å². The predicted octanol–water partition coefficient (Wildman–Crippen LogP) is 1.96. The van der Waals surface area contributed by atoms with E-state index in [4.69, 9.17) is 11.6 Å². The van der Waals surface area contributed by atoms with Gasteiger partial charge in [-0.15, -0.1) is 11.3 Å².